The summed E-state index contributed by atoms with van der Waals surface area (Å²) < 4.78 is 0. The Bertz CT molecular complexity index is 529. The zero-order chi connectivity index (χ0) is 12.3. The summed E-state index contributed by atoms with van der Waals surface area (Å²) in [6.07, 6.45) is 0.504. The number of hydrogen-bond donors (Lipinski definition) is 1. The van der Waals surface area contributed by atoms with E-state index in [-0.39, 0.29) is 11.3 Å². The molecule has 0 radical (unpaired) electrons. The second-order valence-corrected chi connectivity index (χ2v) is 3.79. The van der Waals surface area contributed by atoms with Gasteiger partial charge in [-0.25, -0.2) is 0 Å². The highest BCUT2D eigenvalue weighted by Crippen LogP contribution is 2.16. The highest BCUT2D eigenvalue weighted by molar-refractivity contribution is 5.87. The summed E-state index contributed by atoms with van der Waals surface area (Å²) in [5, 5.41) is 20.1. The molecule has 1 N–H and O–H groups in total. The minimum absolute atomic E-state index is 0.196. The summed E-state index contributed by atoms with van der Waals surface area (Å²) >= 11 is 0. The van der Waals surface area contributed by atoms with Gasteiger partial charge < -0.3 is 15.0 Å². The second-order valence-electron chi connectivity index (χ2n) is 3.79. The van der Waals surface area contributed by atoms with Crippen molar-refractivity contribution in [1.82, 2.24) is 0 Å². The number of aromatic hydroxyl groups is 1. The first-order valence-electron chi connectivity index (χ1n) is 5.24. The first-order chi connectivity index (χ1) is 8.16. The Morgan fingerprint density at radius 3 is 2.35 bits per heavy atom. The fraction of sp³-hybridized carbons (Fsp3) is 0.0714. The van der Waals surface area contributed by atoms with Crippen LogP contribution in [0.4, 0.5) is 0 Å². The van der Waals surface area contributed by atoms with Gasteiger partial charge in [-0.3, -0.25) is 0 Å². The smallest absolute Gasteiger partial charge is 0.115 e. The molecule has 0 aliphatic heterocycles. The molecule has 0 atom stereocenters. The fourth-order valence-corrected chi connectivity index (χ4v) is 1.71. The predicted molar refractivity (Wildman–Crippen MR) is 61.7 cm³/mol. The van der Waals surface area contributed by atoms with Crippen molar-refractivity contribution in [2.24, 2.45) is 0 Å². The molecule has 86 valence electrons. The highest BCUT2D eigenvalue weighted by Gasteiger charge is 2.03. The average molecular weight is 227 g/mol. The molecule has 0 aliphatic rings. The largest absolute Gasteiger partial charge is 0.545 e. The normalized spacial score (nSPS) is 10.1. The van der Waals surface area contributed by atoms with Gasteiger partial charge in [0.2, 0.25) is 0 Å². The number of carbonyl (C=O) groups is 1. The Morgan fingerprint density at radius 2 is 1.71 bits per heavy atom. The van der Waals surface area contributed by atoms with Gasteiger partial charge in [-0.2, -0.15) is 0 Å². The standard InChI is InChI=1S/C14H12O3/c15-12-7-5-10(6-8-12)9-11-3-1-2-4-13(11)14(16)17/h1-8,15H,9H2,(H,16,17)/p-1. The lowest BCUT2D eigenvalue weighted by Gasteiger charge is -2.10. The molecular formula is C14H11O3-. The third-order valence-corrected chi connectivity index (χ3v) is 2.57. The van der Waals surface area contributed by atoms with Gasteiger partial charge in [-0.05, 0) is 29.7 Å². The van der Waals surface area contributed by atoms with Crippen molar-refractivity contribution in [2.45, 2.75) is 6.42 Å². The lowest BCUT2D eigenvalue weighted by Crippen LogP contribution is -2.23. The molecular weight excluding hydrogens is 216 g/mol. The number of benzene rings is 2. The van der Waals surface area contributed by atoms with Crippen LogP contribution in [-0.4, -0.2) is 11.1 Å². The quantitative estimate of drug-likeness (QED) is 0.860. The van der Waals surface area contributed by atoms with Crippen molar-refractivity contribution in [3.8, 4) is 5.75 Å². The lowest BCUT2D eigenvalue weighted by molar-refractivity contribution is -0.255. The molecule has 0 aliphatic carbocycles. The van der Waals surface area contributed by atoms with Crippen molar-refractivity contribution in [3.05, 3.63) is 65.2 Å². The summed E-state index contributed by atoms with van der Waals surface area (Å²) in [6.45, 7) is 0. The van der Waals surface area contributed by atoms with Gasteiger partial charge in [0.05, 0.1) is 5.97 Å². The molecule has 0 spiro atoms. The maximum absolute atomic E-state index is 10.9. The molecule has 0 aromatic heterocycles. The van der Waals surface area contributed by atoms with E-state index in [9.17, 15) is 9.90 Å². The van der Waals surface area contributed by atoms with E-state index >= 15 is 0 Å². The maximum atomic E-state index is 10.9. The number of rotatable bonds is 3. The zero-order valence-electron chi connectivity index (χ0n) is 9.09. The third-order valence-electron chi connectivity index (χ3n) is 2.57. The van der Waals surface area contributed by atoms with Crippen molar-refractivity contribution in [2.75, 3.05) is 0 Å². The Hall–Kier alpha value is -2.29. The molecule has 3 nitrogen and oxygen atoms in total. The molecule has 0 bridgehead atoms. The molecule has 0 saturated carbocycles. The minimum atomic E-state index is -1.17. The van der Waals surface area contributed by atoms with Crippen LogP contribution in [0.3, 0.4) is 0 Å². The number of carbonyl (C=O) groups excluding carboxylic acids is 1. The minimum Gasteiger partial charge on any atom is -0.545 e. The van der Waals surface area contributed by atoms with E-state index in [2.05, 4.69) is 0 Å². The average Bonchev–Trinajstić information content (AvgIpc) is 2.32. The van der Waals surface area contributed by atoms with Crippen molar-refractivity contribution in [1.29, 1.82) is 0 Å². The Kier molecular flexibility index (Phi) is 3.10. The molecule has 0 fully saturated rings. The Morgan fingerprint density at radius 1 is 1.06 bits per heavy atom. The van der Waals surface area contributed by atoms with Gasteiger partial charge in [0.15, 0.2) is 0 Å². The van der Waals surface area contributed by atoms with Gasteiger partial charge in [-0.1, -0.05) is 36.4 Å². The highest BCUT2D eigenvalue weighted by atomic mass is 16.4. The van der Waals surface area contributed by atoms with E-state index in [4.69, 9.17) is 5.11 Å². The van der Waals surface area contributed by atoms with Crippen molar-refractivity contribution in [3.63, 3.8) is 0 Å². The van der Waals surface area contributed by atoms with E-state index in [1.165, 1.54) is 6.07 Å². The Balaban J connectivity index is 2.30. The van der Waals surface area contributed by atoms with Gasteiger partial charge in [0.1, 0.15) is 5.75 Å². The van der Waals surface area contributed by atoms with Crippen LogP contribution >= 0.6 is 0 Å². The fourth-order valence-electron chi connectivity index (χ4n) is 1.71. The first-order valence-corrected chi connectivity index (χ1v) is 5.24. The number of carboxylic acid groups (broad SMARTS) is 1. The van der Waals surface area contributed by atoms with Crippen LogP contribution in [0.5, 0.6) is 5.75 Å². The van der Waals surface area contributed by atoms with E-state index < -0.39 is 5.97 Å². The van der Waals surface area contributed by atoms with Crippen LogP contribution in [0.2, 0.25) is 0 Å². The zero-order valence-corrected chi connectivity index (χ0v) is 9.09. The van der Waals surface area contributed by atoms with Gasteiger partial charge in [0, 0.05) is 5.56 Å². The SMILES string of the molecule is O=C([O-])c1ccccc1Cc1ccc(O)cc1. The van der Waals surface area contributed by atoms with Crippen LogP contribution in [0, 0.1) is 0 Å². The van der Waals surface area contributed by atoms with Crippen LogP contribution in [-0.2, 0) is 6.42 Å². The summed E-state index contributed by atoms with van der Waals surface area (Å²) in [5.41, 5.74) is 1.86. The molecule has 0 unspecified atom stereocenters. The number of phenols is 1. The molecule has 2 aromatic carbocycles. The van der Waals surface area contributed by atoms with E-state index in [0.29, 0.717) is 12.0 Å². The van der Waals surface area contributed by atoms with Gasteiger partial charge in [0.25, 0.3) is 0 Å². The molecule has 17 heavy (non-hydrogen) atoms. The summed E-state index contributed by atoms with van der Waals surface area (Å²) in [4.78, 5) is 10.9. The lowest BCUT2D eigenvalue weighted by atomic mass is 10.00. The molecule has 2 aromatic rings. The summed E-state index contributed by atoms with van der Waals surface area (Å²) in [5.74, 6) is -0.971. The molecule has 3 heteroatoms. The van der Waals surface area contributed by atoms with Crippen molar-refractivity contribution < 1.29 is 15.0 Å². The van der Waals surface area contributed by atoms with Crippen LogP contribution in [0.1, 0.15) is 21.5 Å². The summed E-state index contributed by atoms with van der Waals surface area (Å²) in [7, 11) is 0. The summed E-state index contributed by atoms with van der Waals surface area (Å²) in [6, 6.07) is 13.5. The molecule has 2 rings (SSSR count). The first kappa shape index (κ1) is 11.2. The number of phenolic OH excluding ortho intramolecular Hbond substituents is 1. The second kappa shape index (κ2) is 4.70. The van der Waals surface area contributed by atoms with E-state index in [1.807, 2.05) is 0 Å². The molecule has 0 saturated heterocycles. The van der Waals surface area contributed by atoms with Crippen LogP contribution in [0.25, 0.3) is 0 Å². The number of aromatic carboxylic acids is 1. The Labute approximate surface area is 99.0 Å². The van der Waals surface area contributed by atoms with E-state index in [0.717, 1.165) is 5.56 Å². The topological polar surface area (TPSA) is 60.4 Å². The number of carboxylic acids is 1. The van der Waals surface area contributed by atoms with Crippen molar-refractivity contribution >= 4 is 5.97 Å². The van der Waals surface area contributed by atoms with E-state index in [1.54, 1.807) is 42.5 Å². The molecule has 0 heterocycles. The van der Waals surface area contributed by atoms with Gasteiger partial charge >= 0.3 is 0 Å². The predicted octanol–water partition coefficient (Wildman–Crippen LogP) is 1.35. The maximum Gasteiger partial charge on any atom is 0.115 e. The van der Waals surface area contributed by atoms with Crippen LogP contribution in [0.15, 0.2) is 48.5 Å². The number of hydrogen-bond acceptors (Lipinski definition) is 3. The van der Waals surface area contributed by atoms with Gasteiger partial charge in [-0.15, -0.1) is 0 Å². The monoisotopic (exact) mass is 227 g/mol. The third kappa shape index (κ3) is 2.64. The van der Waals surface area contributed by atoms with Crippen LogP contribution < -0.4 is 5.11 Å². The molecule has 0 amide bonds.